The average molecular weight is 282 g/mol. The largest absolute Gasteiger partial charge is 0.494 e. The van der Waals surface area contributed by atoms with E-state index < -0.39 is 0 Å². The molecule has 0 spiro atoms. The summed E-state index contributed by atoms with van der Waals surface area (Å²) in [6.07, 6.45) is 11.2. The topological polar surface area (TPSA) is 9.23 Å². The van der Waals surface area contributed by atoms with Crippen LogP contribution in [-0.4, -0.2) is 6.61 Å². The van der Waals surface area contributed by atoms with E-state index in [0.29, 0.717) is 0 Å². The second-order valence-corrected chi connectivity index (χ2v) is 7.29. The number of allylic oxidation sites excluding steroid dienone is 2. The van der Waals surface area contributed by atoms with Crippen molar-refractivity contribution in [2.45, 2.75) is 45.4 Å². The van der Waals surface area contributed by atoms with Gasteiger partial charge in [0.25, 0.3) is 0 Å². The van der Waals surface area contributed by atoms with Gasteiger partial charge in [-0.25, -0.2) is 0 Å². The highest BCUT2D eigenvalue weighted by molar-refractivity contribution is 5.30. The van der Waals surface area contributed by atoms with Crippen molar-refractivity contribution in [2.75, 3.05) is 6.61 Å². The van der Waals surface area contributed by atoms with Gasteiger partial charge in [0, 0.05) is 0 Å². The Morgan fingerprint density at radius 2 is 1.57 bits per heavy atom. The summed E-state index contributed by atoms with van der Waals surface area (Å²) in [5.41, 5.74) is 3.23. The molecule has 0 amide bonds. The fourth-order valence-corrected chi connectivity index (χ4v) is 5.19. The summed E-state index contributed by atoms with van der Waals surface area (Å²) >= 11 is 0. The molecule has 1 aromatic rings. The van der Waals surface area contributed by atoms with Crippen molar-refractivity contribution >= 4 is 0 Å². The van der Waals surface area contributed by atoms with Gasteiger partial charge in [0.15, 0.2) is 0 Å². The van der Waals surface area contributed by atoms with E-state index in [1.165, 1.54) is 31.2 Å². The molecule has 4 bridgehead atoms. The molecule has 0 saturated heterocycles. The van der Waals surface area contributed by atoms with Crippen LogP contribution in [0.2, 0.25) is 0 Å². The van der Waals surface area contributed by atoms with Gasteiger partial charge in [-0.05, 0) is 86.8 Å². The molecule has 4 aliphatic carbocycles. The number of benzene rings is 1. The van der Waals surface area contributed by atoms with E-state index in [9.17, 15) is 0 Å². The molecule has 0 heterocycles. The van der Waals surface area contributed by atoms with Crippen molar-refractivity contribution in [1.82, 2.24) is 0 Å². The Morgan fingerprint density at radius 3 is 2.14 bits per heavy atom. The van der Waals surface area contributed by atoms with Gasteiger partial charge in [-0.3, -0.25) is 0 Å². The highest BCUT2D eigenvalue weighted by Crippen LogP contribution is 2.56. The minimum Gasteiger partial charge on any atom is -0.494 e. The Bertz CT molecular complexity index is 495. The number of hydrogen-bond acceptors (Lipinski definition) is 1. The van der Waals surface area contributed by atoms with Gasteiger partial charge >= 0.3 is 0 Å². The summed E-state index contributed by atoms with van der Waals surface area (Å²) in [5.74, 6) is 4.99. The number of rotatable bonds is 4. The zero-order chi connectivity index (χ0) is 14.2. The fourth-order valence-electron chi connectivity index (χ4n) is 5.19. The van der Waals surface area contributed by atoms with Gasteiger partial charge in [-0.1, -0.05) is 23.8 Å². The quantitative estimate of drug-likeness (QED) is 0.705. The molecule has 1 heteroatoms. The lowest BCUT2D eigenvalue weighted by atomic mass is 9.54. The summed E-state index contributed by atoms with van der Waals surface area (Å²) in [5, 5.41) is 0. The normalized spacial score (nSPS) is 33.3. The second kappa shape index (κ2) is 5.51. The lowest BCUT2D eigenvalue weighted by Gasteiger charge is -2.51. The molecule has 4 saturated carbocycles. The fraction of sp³-hybridized carbons (Fsp3) is 0.600. The van der Waals surface area contributed by atoms with Crippen LogP contribution in [0.1, 0.15) is 44.6 Å². The predicted molar refractivity (Wildman–Crippen MR) is 86.4 cm³/mol. The van der Waals surface area contributed by atoms with E-state index in [4.69, 9.17) is 4.74 Å². The maximum Gasteiger partial charge on any atom is 0.119 e. The van der Waals surface area contributed by atoms with Crippen LogP contribution in [0, 0.1) is 23.7 Å². The standard InChI is InChI=1S/C20H26O/c1-2-21-19-6-3-14(4-7-19)5-8-20-17-10-15-9-16(12-17)13-18(20)11-15/h3-4,6-8,15-18H,2,5,9-13H2,1H3. The van der Waals surface area contributed by atoms with Crippen molar-refractivity contribution in [3.8, 4) is 5.75 Å². The number of ether oxygens (including phenoxy) is 1. The third-order valence-corrected chi connectivity index (χ3v) is 5.89. The van der Waals surface area contributed by atoms with Gasteiger partial charge in [0.05, 0.1) is 6.61 Å². The van der Waals surface area contributed by atoms with Crippen molar-refractivity contribution in [1.29, 1.82) is 0 Å². The number of hydrogen-bond donors (Lipinski definition) is 0. The van der Waals surface area contributed by atoms with Crippen molar-refractivity contribution in [2.24, 2.45) is 23.7 Å². The molecule has 1 nitrogen and oxygen atoms in total. The predicted octanol–water partition coefficient (Wildman–Crippen LogP) is 5.01. The zero-order valence-electron chi connectivity index (χ0n) is 13.1. The van der Waals surface area contributed by atoms with E-state index in [2.05, 4.69) is 30.3 Å². The Labute approximate surface area is 128 Å². The van der Waals surface area contributed by atoms with Crippen LogP contribution >= 0.6 is 0 Å². The molecule has 112 valence electrons. The molecule has 0 atom stereocenters. The Morgan fingerprint density at radius 1 is 0.952 bits per heavy atom. The van der Waals surface area contributed by atoms with Crippen molar-refractivity contribution in [3.63, 3.8) is 0 Å². The molecule has 0 aromatic heterocycles. The first-order valence-electron chi connectivity index (χ1n) is 8.73. The molecule has 4 fully saturated rings. The van der Waals surface area contributed by atoms with E-state index in [-0.39, 0.29) is 0 Å². The summed E-state index contributed by atoms with van der Waals surface area (Å²) in [7, 11) is 0. The van der Waals surface area contributed by atoms with Crippen molar-refractivity contribution in [3.05, 3.63) is 41.5 Å². The molecule has 0 aliphatic heterocycles. The smallest absolute Gasteiger partial charge is 0.119 e. The van der Waals surface area contributed by atoms with Crippen LogP contribution in [0.5, 0.6) is 5.75 Å². The van der Waals surface area contributed by atoms with Gasteiger partial charge in [-0.15, -0.1) is 0 Å². The molecular weight excluding hydrogens is 256 g/mol. The summed E-state index contributed by atoms with van der Waals surface area (Å²) in [6, 6.07) is 8.65. The average Bonchev–Trinajstić information content (AvgIpc) is 2.48. The summed E-state index contributed by atoms with van der Waals surface area (Å²) < 4.78 is 5.52. The lowest BCUT2D eigenvalue weighted by Crippen LogP contribution is -2.40. The van der Waals surface area contributed by atoms with Crippen LogP contribution in [-0.2, 0) is 6.42 Å². The Hall–Kier alpha value is -1.24. The molecule has 1 aromatic carbocycles. The summed E-state index contributed by atoms with van der Waals surface area (Å²) in [4.78, 5) is 0. The first-order valence-corrected chi connectivity index (χ1v) is 8.73. The highest BCUT2D eigenvalue weighted by Gasteiger charge is 2.44. The van der Waals surface area contributed by atoms with E-state index >= 15 is 0 Å². The van der Waals surface area contributed by atoms with E-state index in [1.807, 2.05) is 12.5 Å². The third kappa shape index (κ3) is 2.63. The van der Waals surface area contributed by atoms with Crippen LogP contribution < -0.4 is 4.74 Å². The van der Waals surface area contributed by atoms with Gasteiger partial charge in [0.2, 0.25) is 0 Å². The molecule has 0 unspecified atom stereocenters. The highest BCUT2D eigenvalue weighted by atomic mass is 16.5. The maximum atomic E-state index is 5.52. The Balaban J connectivity index is 1.45. The molecule has 4 aliphatic rings. The minimum atomic E-state index is 0.745. The lowest BCUT2D eigenvalue weighted by molar-refractivity contribution is 0.0693. The SMILES string of the molecule is CCOc1ccc(CC=C2C3CC4CC(C3)CC2C4)cc1. The van der Waals surface area contributed by atoms with E-state index in [1.54, 1.807) is 6.42 Å². The van der Waals surface area contributed by atoms with Gasteiger partial charge in [0.1, 0.15) is 5.75 Å². The monoisotopic (exact) mass is 282 g/mol. The van der Waals surface area contributed by atoms with Crippen LogP contribution in [0.25, 0.3) is 0 Å². The zero-order valence-corrected chi connectivity index (χ0v) is 13.1. The summed E-state index contributed by atoms with van der Waals surface area (Å²) in [6.45, 7) is 2.78. The van der Waals surface area contributed by atoms with Crippen LogP contribution in [0.15, 0.2) is 35.9 Å². The molecule has 0 radical (unpaired) electrons. The van der Waals surface area contributed by atoms with Gasteiger partial charge < -0.3 is 4.74 Å². The Kier molecular flexibility index (Phi) is 3.52. The maximum absolute atomic E-state index is 5.52. The second-order valence-electron chi connectivity index (χ2n) is 7.29. The molecule has 5 rings (SSSR count). The minimum absolute atomic E-state index is 0.745. The first-order chi connectivity index (χ1) is 10.3. The van der Waals surface area contributed by atoms with E-state index in [0.717, 1.165) is 42.4 Å². The van der Waals surface area contributed by atoms with Crippen molar-refractivity contribution < 1.29 is 4.74 Å². The molecular formula is C20H26O. The third-order valence-electron chi connectivity index (χ3n) is 5.89. The molecule has 21 heavy (non-hydrogen) atoms. The molecule has 0 N–H and O–H groups in total. The first kappa shape index (κ1) is 13.4. The van der Waals surface area contributed by atoms with Gasteiger partial charge in [-0.2, -0.15) is 0 Å². The van der Waals surface area contributed by atoms with Crippen LogP contribution in [0.4, 0.5) is 0 Å². The van der Waals surface area contributed by atoms with Crippen LogP contribution in [0.3, 0.4) is 0 Å².